The Morgan fingerprint density at radius 2 is 2.00 bits per heavy atom. The molecule has 1 saturated carbocycles. The summed E-state index contributed by atoms with van der Waals surface area (Å²) in [6.45, 7) is 3.65. The minimum Gasteiger partial charge on any atom is -0.487 e. The Bertz CT molecular complexity index is 1700. The molecule has 234 valence electrons. The van der Waals surface area contributed by atoms with Gasteiger partial charge in [0.2, 0.25) is 5.91 Å². The highest BCUT2D eigenvalue weighted by Crippen LogP contribution is 2.54. The van der Waals surface area contributed by atoms with Gasteiger partial charge in [0, 0.05) is 61.5 Å². The summed E-state index contributed by atoms with van der Waals surface area (Å²) in [4.78, 5) is 33.7. The number of hydrogen-bond donors (Lipinski definition) is 2. The van der Waals surface area contributed by atoms with Crippen molar-refractivity contribution < 1.29 is 32.2 Å². The zero-order valence-corrected chi connectivity index (χ0v) is 24.4. The SMILES string of the molecule is O=C1CCc2c(Oc3ccc4c(c3)C3C(NC(=O)c5ccc(CN6CCN7CCCC7C6)c(C(F)(F)F)c5)C3O4)ccnc2N1. The summed E-state index contributed by atoms with van der Waals surface area (Å²) in [5.41, 5.74) is 1.10. The molecule has 2 aromatic carbocycles. The second-order valence-corrected chi connectivity index (χ2v) is 12.5. The molecule has 0 bridgehead atoms. The summed E-state index contributed by atoms with van der Waals surface area (Å²) in [6.07, 6.45) is -0.200. The van der Waals surface area contributed by atoms with E-state index in [0.29, 0.717) is 41.9 Å². The molecule has 1 aliphatic carbocycles. The van der Waals surface area contributed by atoms with Crippen molar-refractivity contribution in [2.24, 2.45) is 0 Å². The van der Waals surface area contributed by atoms with E-state index in [-0.39, 0.29) is 41.6 Å². The van der Waals surface area contributed by atoms with Crippen molar-refractivity contribution in [1.82, 2.24) is 20.1 Å². The Kier molecular flexibility index (Phi) is 6.75. The maximum absolute atomic E-state index is 14.2. The highest BCUT2D eigenvalue weighted by atomic mass is 19.4. The van der Waals surface area contributed by atoms with Crippen LogP contribution in [0, 0.1) is 0 Å². The van der Waals surface area contributed by atoms with Gasteiger partial charge in [0.25, 0.3) is 5.91 Å². The Labute approximate surface area is 257 Å². The van der Waals surface area contributed by atoms with E-state index in [2.05, 4.69) is 25.4 Å². The van der Waals surface area contributed by atoms with Gasteiger partial charge in [0.15, 0.2) is 0 Å². The smallest absolute Gasteiger partial charge is 0.416 e. The quantitative estimate of drug-likeness (QED) is 0.413. The third kappa shape index (κ3) is 5.29. The molecule has 5 aliphatic rings. The molecule has 45 heavy (non-hydrogen) atoms. The third-order valence-electron chi connectivity index (χ3n) is 9.70. The molecule has 4 atom stereocenters. The highest BCUT2D eigenvalue weighted by molar-refractivity contribution is 5.95. The number of piperazine rings is 1. The van der Waals surface area contributed by atoms with Gasteiger partial charge in [-0.25, -0.2) is 4.98 Å². The number of hydrogen-bond acceptors (Lipinski definition) is 7. The molecule has 0 radical (unpaired) electrons. The van der Waals surface area contributed by atoms with E-state index in [1.54, 1.807) is 18.3 Å². The van der Waals surface area contributed by atoms with Gasteiger partial charge in [-0.2, -0.15) is 13.2 Å². The number of aromatic nitrogens is 1. The summed E-state index contributed by atoms with van der Waals surface area (Å²) in [5.74, 6) is 1.57. The second kappa shape index (κ2) is 10.7. The molecular weight excluding hydrogens is 587 g/mol. The van der Waals surface area contributed by atoms with E-state index in [1.165, 1.54) is 12.1 Å². The summed E-state index contributed by atoms with van der Waals surface area (Å²) in [6, 6.07) is 11.2. The van der Waals surface area contributed by atoms with Crippen LogP contribution >= 0.6 is 0 Å². The van der Waals surface area contributed by atoms with E-state index in [4.69, 9.17) is 9.47 Å². The number of fused-ring (bicyclic) bond motifs is 5. The number of anilines is 1. The molecule has 2 saturated heterocycles. The minimum absolute atomic E-state index is 0.0245. The van der Waals surface area contributed by atoms with Crippen LogP contribution in [-0.4, -0.2) is 71.0 Å². The van der Waals surface area contributed by atoms with Crippen LogP contribution in [0.15, 0.2) is 48.7 Å². The van der Waals surface area contributed by atoms with E-state index in [9.17, 15) is 22.8 Å². The Hall–Kier alpha value is -4.16. The van der Waals surface area contributed by atoms with Crippen molar-refractivity contribution in [3.8, 4) is 17.2 Å². The molecule has 4 unspecified atom stereocenters. The number of nitrogens with zero attached hydrogens (tertiary/aromatic N) is 3. The Morgan fingerprint density at radius 1 is 1.11 bits per heavy atom. The van der Waals surface area contributed by atoms with Crippen LogP contribution in [0.5, 0.6) is 17.2 Å². The van der Waals surface area contributed by atoms with Gasteiger partial charge in [0.1, 0.15) is 29.2 Å². The van der Waals surface area contributed by atoms with Gasteiger partial charge in [0.05, 0.1) is 17.5 Å². The number of amides is 2. The fourth-order valence-corrected chi connectivity index (χ4v) is 7.35. The lowest BCUT2D eigenvalue weighted by Gasteiger charge is -2.37. The predicted octanol–water partition coefficient (Wildman–Crippen LogP) is 4.71. The second-order valence-electron chi connectivity index (χ2n) is 12.5. The van der Waals surface area contributed by atoms with Gasteiger partial charge in [-0.05, 0) is 67.8 Å². The normalized spacial score (nSPS) is 25.4. The number of pyridine rings is 1. The molecule has 8 rings (SSSR count). The van der Waals surface area contributed by atoms with Gasteiger partial charge in [-0.15, -0.1) is 0 Å². The van der Waals surface area contributed by atoms with Crippen molar-refractivity contribution in [2.45, 2.75) is 62.5 Å². The average Bonchev–Trinajstić information content (AvgIpc) is 3.31. The van der Waals surface area contributed by atoms with Crippen molar-refractivity contribution in [1.29, 1.82) is 0 Å². The van der Waals surface area contributed by atoms with Gasteiger partial charge in [-0.1, -0.05) is 6.07 Å². The van der Waals surface area contributed by atoms with Crippen LogP contribution in [0.25, 0.3) is 0 Å². The molecule has 5 heterocycles. The lowest BCUT2D eigenvalue weighted by molar-refractivity contribution is -0.138. The molecule has 1 aromatic heterocycles. The summed E-state index contributed by atoms with van der Waals surface area (Å²) in [7, 11) is 0. The summed E-state index contributed by atoms with van der Waals surface area (Å²) in [5, 5.41) is 5.66. The fraction of sp³-hybridized carbons (Fsp3) is 0.424. The average molecular weight is 620 g/mol. The van der Waals surface area contributed by atoms with Crippen LogP contribution in [0.1, 0.15) is 57.8 Å². The first-order chi connectivity index (χ1) is 21.7. The molecule has 9 nitrogen and oxygen atoms in total. The molecule has 3 aromatic rings. The topological polar surface area (TPSA) is 96.0 Å². The lowest BCUT2D eigenvalue weighted by Crippen LogP contribution is -2.49. The van der Waals surface area contributed by atoms with Crippen LogP contribution in [0.4, 0.5) is 19.0 Å². The van der Waals surface area contributed by atoms with E-state index >= 15 is 0 Å². The van der Waals surface area contributed by atoms with Crippen molar-refractivity contribution >= 4 is 17.6 Å². The number of benzene rings is 2. The number of rotatable bonds is 6. The Morgan fingerprint density at radius 3 is 2.87 bits per heavy atom. The van der Waals surface area contributed by atoms with Crippen molar-refractivity contribution in [3.63, 3.8) is 0 Å². The third-order valence-corrected chi connectivity index (χ3v) is 9.70. The van der Waals surface area contributed by atoms with Gasteiger partial charge in [-0.3, -0.25) is 19.4 Å². The predicted molar refractivity (Wildman–Crippen MR) is 157 cm³/mol. The van der Waals surface area contributed by atoms with Crippen molar-refractivity contribution in [2.75, 3.05) is 31.5 Å². The molecule has 3 fully saturated rings. The molecule has 4 aliphatic heterocycles. The maximum Gasteiger partial charge on any atom is 0.416 e. The first-order valence-electron chi connectivity index (χ1n) is 15.4. The Balaban J connectivity index is 0.952. The molecule has 12 heteroatoms. The number of carbonyl (C=O) groups is 2. The number of nitrogens with one attached hydrogen (secondary N) is 2. The monoisotopic (exact) mass is 619 g/mol. The van der Waals surface area contributed by atoms with Crippen LogP contribution in [0.3, 0.4) is 0 Å². The standard InChI is InChI=1S/C33H32F3N5O4/c34-33(35,36)24-14-18(3-4-19(24)16-40-12-13-41-11-1-2-20(41)17-40)32(43)39-29-28-23-15-21(5-7-25(23)45-30(28)29)44-26-9-10-37-31-22(26)6-8-27(42)38-31/h3-5,7,9-10,14-15,20,28-30H,1-2,6,8,11-13,16-17H2,(H,39,43)(H,37,38,42). The minimum atomic E-state index is -4.57. The number of ether oxygens (including phenoxy) is 2. The fourth-order valence-electron chi connectivity index (χ4n) is 7.35. The van der Waals surface area contributed by atoms with E-state index < -0.39 is 17.6 Å². The highest BCUT2D eigenvalue weighted by Gasteiger charge is 2.59. The van der Waals surface area contributed by atoms with Gasteiger partial charge < -0.3 is 20.1 Å². The molecule has 2 N–H and O–H groups in total. The molecule has 2 amide bonds. The first-order valence-corrected chi connectivity index (χ1v) is 15.4. The van der Waals surface area contributed by atoms with Gasteiger partial charge >= 0.3 is 6.18 Å². The summed E-state index contributed by atoms with van der Waals surface area (Å²) >= 11 is 0. The van der Waals surface area contributed by atoms with E-state index in [0.717, 1.165) is 56.2 Å². The number of halogens is 3. The number of alkyl halides is 3. The lowest BCUT2D eigenvalue weighted by atomic mass is 10.0. The van der Waals surface area contributed by atoms with E-state index in [1.807, 2.05) is 12.1 Å². The molecule has 0 spiro atoms. The zero-order chi connectivity index (χ0) is 30.9. The van der Waals surface area contributed by atoms with Crippen LogP contribution in [-0.2, 0) is 23.9 Å². The maximum atomic E-state index is 14.2. The largest absolute Gasteiger partial charge is 0.487 e. The van der Waals surface area contributed by atoms with Crippen LogP contribution in [0.2, 0.25) is 0 Å². The summed E-state index contributed by atoms with van der Waals surface area (Å²) < 4.78 is 54.8. The number of carbonyl (C=O) groups excluding carboxylic acids is 2. The van der Waals surface area contributed by atoms with Crippen LogP contribution < -0.4 is 20.1 Å². The first kappa shape index (κ1) is 28.3. The molecular formula is C33H32F3N5O4. The zero-order valence-electron chi connectivity index (χ0n) is 24.4. The van der Waals surface area contributed by atoms with Crippen molar-refractivity contribution in [3.05, 3.63) is 76.5 Å².